The van der Waals surface area contributed by atoms with Crippen LogP contribution in [0.3, 0.4) is 0 Å². The fourth-order valence-electron chi connectivity index (χ4n) is 3.98. The summed E-state index contributed by atoms with van der Waals surface area (Å²) in [5, 5.41) is 27.7. The van der Waals surface area contributed by atoms with Gasteiger partial charge >= 0.3 is 53.4 Å². The Hall–Kier alpha value is -5.16. The number of para-hydroxylation sites is 3. The number of aliphatic carboxylic acids is 2. The van der Waals surface area contributed by atoms with Crippen molar-refractivity contribution in [3.05, 3.63) is 103 Å². The fourth-order valence-corrected chi connectivity index (χ4v) is 4.59. The number of cyclic esters (lactones) is 2. The second-order valence-corrected chi connectivity index (χ2v) is 11.8. The fraction of sp³-hybridized carbons (Fsp3) is 0.182. The number of amides is 3. The van der Waals surface area contributed by atoms with Crippen molar-refractivity contribution in [3.8, 4) is 0 Å². The van der Waals surface area contributed by atoms with Gasteiger partial charge in [-0.2, -0.15) is 0 Å². The number of carbonyl (C=O) groups is 7. The van der Waals surface area contributed by atoms with Crippen molar-refractivity contribution in [1.82, 2.24) is 9.97 Å². The number of nitrogen functional groups attached to an aromatic ring is 1. The summed E-state index contributed by atoms with van der Waals surface area (Å²) >= 11 is 17.4. The molecule has 1 aliphatic heterocycles. The van der Waals surface area contributed by atoms with E-state index in [0.29, 0.717) is 26.8 Å². The maximum Gasteiger partial charge on any atom is 1.00 e. The maximum atomic E-state index is 11.7. The average molecular weight is 864 g/mol. The van der Waals surface area contributed by atoms with Crippen LogP contribution in [0, 0.1) is 0 Å². The molecule has 20 nitrogen and oxygen atoms in total. The molecule has 1 saturated heterocycles. The third-order valence-corrected chi connectivity index (χ3v) is 7.45. The molecule has 4 aromatic rings. The smallest absolute Gasteiger partial charge is 0.488 e. The number of fused-ring (bicyclic) bond motifs is 1. The molecule has 1 aliphatic rings. The summed E-state index contributed by atoms with van der Waals surface area (Å²) < 4.78 is 4.08. The summed E-state index contributed by atoms with van der Waals surface area (Å²) in [5.74, 6) is -0.302. The van der Waals surface area contributed by atoms with Gasteiger partial charge in [0.25, 0.3) is 17.4 Å². The molecule has 300 valence electrons. The first kappa shape index (κ1) is 51.8. The topological polar surface area (TPSA) is 365 Å². The van der Waals surface area contributed by atoms with Gasteiger partial charge in [0.2, 0.25) is 5.91 Å². The van der Waals surface area contributed by atoms with Gasteiger partial charge in [-0.15, -0.1) is 0 Å². The van der Waals surface area contributed by atoms with E-state index in [0.717, 1.165) is 0 Å². The van der Waals surface area contributed by atoms with Crippen LogP contribution in [0.4, 0.5) is 11.4 Å². The van der Waals surface area contributed by atoms with Crippen LogP contribution in [0.2, 0.25) is 15.1 Å². The summed E-state index contributed by atoms with van der Waals surface area (Å²) in [6.45, 7) is 0. The molecule has 0 aliphatic carbocycles. The van der Waals surface area contributed by atoms with Crippen LogP contribution in [0.25, 0.3) is 16.5 Å². The van der Waals surface area contributed by atoms with Gasteiger partial charge in [-0.1, -0.05) is 53.0 Å². The van der Waals surface area contributed by atoms with E-state index in [1.54, 1.807) is 30.3 Å². The molecule has 3 amide bonds. The number of anilines is 2. The van der Waals surface area contributed by atoms with E-state index in [4.69, 9.17) is 67.4 Å². The molecule has 24 heteroatoms. The van der Waals surface area contributed by atoms with Crippen molar-refractivity contribution in [3.63, 3.8) is 0 Å². The number of carboxylic acid groups (broad SMARTS) is 2. The minimum atomic E-state index is -1.08. The quantitative estimate of drug-likeness (QED) is 0.0273. The molecular formula is C33H34Cl3N8NaO12. The largest absolute Gasteiger partial charge is 1.00 e. The molecule has 1 aromatic heterocycles. The number of esters is 2. The maximum absolute atomic E-state index is 11.7. The number of rotatable bonds is 9. The zero-order valence-electron chi connectivity index (χ0n) is 29.8. The van der Waals surface area contributed by atoms with Crippen molar-refractivity contribution in [2.45, 2.75) is 38.5 Å². The van der Waals surface area contributed by atoms with Crippen molar-refractivity contribution < 1.29 is 83.3 Å². The number of nitrogens with one attached hydrogen (secondary N) is 2. The van der Waals surface area contributed by atoms with Crippen LogP contribution in [0.1, 0.15) is 58.6 Å². The molecule has 0 radical (unpaired) electrons. The first-order chi connectivity index (χ1) is 26.3. The Bertz CT molecular complexity index is 2130. The van der Waals surface area contributed by atoms with E-state index in [1.807, 2.05) is 5.59 Å². The summed E-state index contributed by atoms with van der Waals surface area (Å²) in [6, 6.07) is 14.1. The summed E-state index contributed by atoms with van der Waals surface area (Å²) in [6.07, 6.45) is 0.100. The number of aromatic amines is 1. The van der Waals surface area contributed by atoms with E-state index in [9.17, 15) is 38.4 Å². The van der Waals surface area contributed by atoms with Gasteiger partial charge in [0.15, 0.2) is 0 Å². The minimum absolute atomic E-state index is 0. The Balaban J connectivity index is 0.000000744. The molecule has 57 heavy (non-hydrogen) atoms. The number of hydrogen-bond acceptors (Lipinski definition) is 13. The monoisotopic (exact) mass is 862 g/mol. The SMILES string of the molecule is NC(=O)c1cccc(Cl)c1N.NC(=O)c1cccc(Cl)c1NC(=O)CCC(=O)O.N[N-]O.O=C(O)CCc1nc2c(Cl)cccc2c(=O)[nH]1.O=C1CCC(=O)O1.[Na+]. The normalized spacial score (nSPS) is 10.9. The van der Waals surface area contributed by atoms with E-state index in [-0.39, 0.29) is 101 Å². The van der Waals surface area contributed by atoms with Gasteiger partial charge in [0.05, 0.1) is 74.2 Å². The Labute approximate surface area is 359 Å². The van der Waals surface area contributed by atoms with Crippen LogP contribution in [0.15, 0.2) is 59.4 Å². The van der Waals surface area contributed by atoms with E-state index in [1.165, 1.54) is 24.3 Å². The molecule has 0 saturated carbocycles. The van der Waals surface area contributed by atoms with E-state index in [2.05, 4.69) is 25.9 Å². The first-order valence-electron chi connectivity index (χ1n) is 15.4. The minimum Gasteiger partial charge on any atom is -0.488 e. The van der Waals surface area contributed by atoms with Gasteiger partial charge < -0.3 is 59.1 Å². The zero-order valence-corrected chi connectivity index (χ0v) is 34.1. The van der Waals surface area contributed by atoms with E-state index < -0.39 is 41.6 Å². The van der Waals surface area contributed by atoms with Crippen LogP contribution in [-0.4, -0.2) is 67.0 Å². The number of carbonyl (C=O) groups excluding carboxylic acids is 5. The Morgan fingerprint density at radius 2 is 1.28 bits per heavy atom. The molecule has 2 heterocycles. The van der Waals surface area contributed by atoms with Gasteiger partial charge in [-0.25, -0.2) is 4.98 Å². The predicted molar refractivity (Wildman–Crippen MR) is 203 cm³/mol. The molecular weight excluding hydrogens is 830 g/mol. The average Bonchev–Trinajstić information content (AvgIpc) is 3.51. The summed E-state index contributed by atoms with van der Waals surface area (Å²) in [5.41, 5.74) is 18.4. The molecule has 5 rings (SSSR count). The standard InChI is InChI=1S/C11H11ClN2O4.C11H9ClN2O3.C7H7ClN2O.C4H4O3.H3N2O.Na/c12-7-3-1-2-6(11(13)18)10(7)14-8(15)4-5-9(16)17;12-7-3-1-2-6-10(7)13-8(14-11(6)17)4-5-9(15)16;8-5-3-1-2-4(6(5)9)7(10)11;5-3-1-2-4(6)7-3;1-2-3;/h1-3H,4-5H2,(H2,13,18)(H,14,15)(H,16,17);1-3H,4-5H2,(H,15,16)(H,13,14,17);1-3H,9H2,(H2,10,11);1-2H2;3H,1H2;/q;;;;-1;+1. The van der Waals surface area contributed by atoms with Gasteiger partial charge in [-0.05, 0) is 36.4 Å². The third kappa shape index (κ3) is 19.0. The number of primary amides is 2. The van der Waals surface area contributed by atoms with Gasteiger partial charge in [0, 0.05) is 12.8 Å². The van der Waals surface area contributed by atoms with Gasteiger partial charge in [0.1, 0.15) is 5.82 Å². The summed E-state index contributed by atoms with van der Waals surface area (Å²) in [7, 11) is 0. The Morgan fingerprint density at radius 3 is 1.75 bits per heavy atom. The van der Waals surface area contributed by atoms with Crippen molar-refractivity contribution in [2.24, 2.45) is 17.3 Å². The number of benzene rings is 3. The molecule has 0 spiro atoms. The molecule has 1 fully saturated rings. The second-order valence-electron chi connectivity index (χ2n) is 10.5. The molecule has 0 atom stereocenters. The van der Waals surface area contributed by atoms with Gasteiger partial charge in [-0.3, -0.25) is 38.4 Å². The molecule has 3 aromatic carbocycles. The number of nitrogens with zero attached hydrogens (tertiary/aromatic N) is 2. The Morgan fingerprint density at radius 1 is 0.789 bits per heavy atom. The molecule has 0 bridgehead atoms. The number of H-pyrrole nitrogens is 1. The van der Waals surface area contributed by atoms with Crippen molar-refractivity contribution >= 4 is 98.7 Å². The van der Waals surface area contributed by atoms with Crippen LogP contribution in [0.5, 0.6) is 0 Å². The zero-order chi connectivity index (χ0) is 42.5. The summed E-state index contributed by atoms with van der Waals surface area (Å²) in [4.78, 5) is 92.4. The molecule has 13 N–H and O–H groups in total. The first-order valence-corrected chi connectivity index (χ1v) is 16.6. The number of carboxylic acids is 2. The number of halogens is 3. The second kappa shape index (κ2) is 26.6. The number of aromatic nitrogens is 2. The molecule has 0 unspecified atom stereocenters. The van der Waals surface area contributed by atoms with Crippen LogP contribution in [-0.2, 0) is 35.1 Å². The van der Waals surface area contributed by atoms with E-state index >= 15 is 0 Å². The number of ether oxygens (including phenoxy) is 1. The van der Waals surface area contributed by atoms with Crippen LogP contribution < -0.4 is 63.5 Å². The number of hydrogen-bond donors (Lipinski definition) is 9. The number of nitrogens with two attached hydrogens (primary N) is 4. The van der Waals surface area contributed by atoms with Crippen molar-refractivity contribution in [1.29, 1.82) is 0 Å². The predicted octanol–water partition coefficient (Wildman–Crippen LogP) is 0.334. The third-order valence-electron chi connectivity index (χ3n) is 6.50. The van der Waals surface area contributed by atoms with Crippen molar-refractivity contribution in [2.75, 3.05) is 11.1 Å². The number of aryl methyl sites for hydroxylation is 1. The van der Waals surface area contributed by atoms with Crippen LogP contribution >= 0.6 is 34.8 Å². The Kier molecular flexibility index (Phi) is 24.2.